The molecule has 0 radical (unpaired) electrons. The van der Waals surface area contributed by atoms with Gasteiger partial charge in [-0.1, -0.05) is 12.1 Å². The van der Waals surface area contributed by atoms with Gasteiger partial charge in [0.2, 0.25) is 17.7 Å². The Morgan fingerprint density at radius 3 is 2.67 bits per heavy atom. The first kappa shape index (κ1) is 27.4. The van der Waals surface area contributed by atoms with E-state index in [4.69, 9.17) is 9.47 Å². The van der Waals surface area contributed by atoms with Crippen molar-refractivity contribution in [3.05, 3.63) is 29.8 Å². The molecule has 1 saturated heterocycles. The summed E-state index contributed by atoms with van der Waals surface area (Å²) in [5.74, 6) is -1.99. The summed E-state index contributed by atoms with van der Waals surface area (Å²) in [6, 6.07) is 4.19. The van der Waals surface area contributed by atoms with Gasteiger partial charge in [0, 0.05) is 32.7 Å². The minimum absolute atomic E-state index is 0.224. The van der Waals surface area contributed by atoms with Crippen molar-refractivity contribution >= 4 is 23.6 Å². The van der Waals surface area contributed by atoms with Crippen LogP contribution in [-0.4, -0.2) is 104 Å². The molecule has 1 aromatic rings. The quantitative estimate of drug-likeness (QED) is 0.320. The lowest BCUT2D eigenvalue weighted by Gasteiger charge is -2.27. The van der Waals surface area contributed by atoms with Crippen molar-refractivity contribution in [2.45, 2.75) is 38.0 Å². The van der Waals surface area contributed by atoms with Crippen LogP contribution in [0.4, 0.5) is 0 Å². The summed E-state index contributed by atoms with van der Waals surface area (Å²) in [4.78, 5) is 53.5. The fourth-order valence-corrected chi connectivity index (χ4v) is 3.91. The smallest absolute Gasteiger partial charge is 0.255 e. The second kappa shape index (κ2) is 13.8. The normalized spacial score (nSPS) is 23.4. The molecule has 0 spiro atoms. The Hall–Kier alpha value is -3.22. The van der Waals surface area contributed by atoms with Crippen LogP contribution in [0.5, 0.6) is 5.75 Å². The number of carbonyl (C=O) groups is 4. The predicted octanol–water partition coefficient (Wildman–Crippen LogP) is -1.61. The minimum atomic E-state index is -1.21. The summed E-state index contributed by atoms with van der Waals surface area (Å²) in [6.45, 7) is 5.57. The number of aliphatic hydroxyl groups excluding tert-OH is 1. The molecule has 2 aliphatic heterocycles. The SMILES string of the molecule is C[C@@H](O)[C@@H]1NC(=O)C[C@@H](C(=O)NCCN2CCOCC2)NC(=O)c2ccccc2OCCCNC1=O. The number of hydrogen-bond donors (Lipinski definition) is 5. The van der Waals surface area contributed by atoms with Crippen LogP contribution in [0.25, 0.3) is 0 Å². The van der Waals surface area contributed by atoms with Crippen molar-refractivity contribution < 1.29 is 33.8 Å². The van der Waals surface area contributed by atoms with Gasteiger partial charge in [-0.05, 0) is 25.5 Å². The van der Waals surface area contributed by atoms with Crippen molar-refractivity contribution in [2.75, 3.05) is 52.5 Å². The Labute approximate surface area is 210 Å². The molecular formula is C24H35N5O7. The molecule has 0 aliphatic carbocycles. The van der Waals surface area contributed by atoms with Gasteiger partial charge in [-0.3, -0.25) is 24.1 Å². The van der Waals surface area contributed by atoms with Gasteiger partial charge in [-0.15, -0.1) is 0 Å². The number of rotatable bonds is 5. The van der Waals surface area contributed by atoms with Crippen LogP contribution < -0.4 is 26.0 Å². The van der Waals surface area contributed by atoms with Crippen LogP contribution in [0.2, 0.25) is 0 Å². The number of hydrogen-bond acceptors (Lipinski definition) is 8. The number of fused-ring (bicyclic) bond motifs is 1. The van der Waals surface area contributed by atoms with E-state index in [1.807, 2.05) is 0 Å². The number of aliphatic hydroxyl groups is 1. The van der Waals surface area contributed by atoms with Crippen LogP contribution in [0.3, 0.4) is 0 Å². The summed E-state index contributed by atoms with van der Waals surface area (Å²) in [5.41, 5.74) is 0.227. The van der Waals surface area contributed by atoms with Crippen molar-refractivity contribution in [3.8, 4) is 5.75 Å². The molecule has 3 atom stereocenters. The Bertz CT molecular complexity index is 920. The number of carbonyl (C=O) groups excluding carboxylic acids is 4. The van der Waals surface area contributed by atoms with Crippen LogP contribution in [0.15, 0.2) is 24.3 Å². The molecule has 4 amide bonds. The first-order chi connectivity index (χ1) is 17.3. The van der Waals surface area contributed by atoms with Crippen molar-refractivity contribution in [1.29, 1.82) is 0 Å². The summed E-state index contributed by atoms with van der Waals surface area (Å²) >= 11 is 0. The van der Waals surface area contributed by atoms with Gasteiger partial charge < -0.3 is 35.8 Å². The molecule has 12 heteroatoms. The van der Waals surface area contributed by atoms with Crippen molar-refractivity contribution in [1.82, 2.24) is 26.2 Å². The molecule has 0 bridgehead atoms. The van der Waals surface area contributed by atoms with Crippen LogP contribution in [0, 0.1) is 0 Å². The van der Waals surface area contributed by atoms with Crippen LogP contribution in [-0.2, 0) is 19.1 Å². The molecule has 2 heterocycles. The highest BCUT2D eigenvalue weighted by Gasteiger charge is 2.30. The zero-order valence-corrected chi connectivity index (χ0v) is 20.5. The lowest BCUT2D eigenvalue weighted by atomic mass is 10.1. The minimum Gasteiger partial charge on any atom is -0.493 e. The largest absolute Gasteiger partial charge is 0.493 e. The monoisotopic (exact) mass is 505 g/mol. The average molecular weight is 506 g/mol. The number of para-hydroxylation sites is 1. The van der Waals surface area contributed by atoms with Gasteiger partial charge in [0.05, 0.1) is 37.9 Å². The molecule has 1 aromatic carbocycles. The third kappa shape index (κ3) is 8.18. The topological polar surface area (TPSA) is 158 Å². The summed E-state index contributed by atoms with van der Waals surface area (Å²) in [6.07, 6.45) is -1.15. The third-order valence-electron chi connectivity index (χ3n) is 5.93. The molecule has 1 fully saturated rings. The van der Waals surface area contributed by atoms with E-state index in [1.54, 1.807) is 24.3 Å². The third-order valence-corrected chi connectivity index (χ3v) is 5.93. The summed E-state index contributed by atoms with van der Waals surface area (Å²) in [7, 11) is 0. The number of nitrogens with one attached hydrogen (secondary N) is 4. The van der Waals surface area contributed by atoms with E-state index in [0.717, 1.165) is 13.1 Å². The number of amides is 4. The van der Waals surface area contributed by atoms with Gasteiger partial charge in [0.1, 0.15) is 17.8 Å². The van der Waals surface area contributed by atoms with Gasteiger partial charge >= 0.3 is 0 Å². The molecule has 36 heavy (non-hydrogen) atoms. The number of nitrogens with zero attached hydrogens (tertiary/aromatic N) is 1. The van der Waals surface area contributed by atoms with Crippen molar-refractivity contribution in [2.24, 2.45) is 0 Å². The molecular weight excluding hydrogens is 470 g/mol. The molecule has 0 unspecified atom stereocenters. The number of ether oxygens (including phenoxy) is 2. The fraction of sp³-hybridized carbons (Fsp3) is 0.583. The van der Waals surface area contributed by atoms with E-state index in [1.165, 1.54) is 6.92 Å². The molecule has 2 aliphatic rings. The Morgan fingerprint density at radius 1 is 1.17 bits per heavy atom. The van der Waals surface area contributed by atoms with E-state index >= 15 is 0 Å². The number of benzene rings is 1. The summed E-state index contributed by atoms with van der Waals surface area (Å²) < 4.78 is 11.1. The van der Waals surface area contributed by atoms with E-state index < -0.39 is 48.2 Å². The van der Waals surface area contributed by atoms with E-state index in [2.05, 4.69) is 26.2 Å². The first-order valence-electron chi connectivity index (χ1n) is 12.2. The first-order valence-corrected chi connectivity index (χ1v) is 12.2. The molecule has 12 nitrogen and oxygen atoms in total. The van der Waals surface area contributed by atoms with Gasteiger partial charge in [0.15, 0.2) is 0 Å². The maximum Gasteiger partial charge on any atom is 0.255 e. The Morgan fingerprint density at radius 2 is 1.92 bits per heavy atom. The van der Waals surface area contributed by atoms with Gasteiger partial charge in [-0.2, -0.15) is 0 Å². The predicted molar refractivity (Wildman–Crippen MR) is 129 cm³/mol. The second-order valence-electron chi connectivity index (χ2n) is 8.75. The van der Waals surface area contributed by atoms with Crippen molar-refractivity contribution in [3.63, 3.8) is 0 Å². The highest BCUT2D eigenvalue weighted by molar-refractivity contribution is 6.01. The molecule has 3 rings (SSSR count). The molecule has 5 N–H and O–H groups in total. The molecule has 0 aromatic heterocycles. The van der Waals surface area contributed by atoms with E-state index in [0.29, 0.717) is 38.5 Å². The summed E-state index contributed by atoms with van der Waals surface area (Å²) in [5, 5.41) is 20.6. The number of morpholine rings is 1. The lowest BCUT2D eigenvalue weighted by molar-refractivity contribution is -0.133. The zero-order chi connectivity index (χ0) is 25.9. The molecule has 198 valence electrons. The maximum absolute atomic E-state index is 13.1. The van der Waals surface area contributed by atoms with E-state index in [9.17, 15) is 24.3 Å². The maximum atomic E-state index is 13.1. The Balaban J connectivity index is 1.75. The fourth-order valence-electron chi connectivity index (χ4n) is 3.91. The highest BCUT2D eigenvalue weighted by atomic mass is 16.5. The molecule has 0 saturated carbocycles. The van der Waals surface area contributed by atoms with Gasteiger partial charge in [-0.25, -0.2) is 0 Å². The average Bonchev–Trinajstić information content (AvgIpc) is 2.87. The van der Waals surface area contributed by atoms with E-state index in [-0.39, 0.29) is 18.7 Å². The standard InChI is InChI=1S/C24H35N5O7/c1-16(30)21-24(34)25-7-4-12-36-19-6-3-2-5-17(19)22(32)27-18(15-20(31)28-21)23(33)26-8-9-29-10-13-35-14-11-29/h2-3,5-6,16,18,21,30H,4,7-15H2,1H3,(H,25,34)(H,26,33)(H,27,32)(H,28,31)/t16-,18+,21+/m1/s1. The van der Waals surface area contributed by atoms with Crippen LogP contribution in [0.1, 0.15) is 30.1 Å². The van der Waals surface area contributed by atoms with Crippen LogP contribution >= 0.6 is 0 Å². The lowest BCUT2D eigenvalue weighted by Crippen LogP contribution is -2.55. The zero-order valence-electron chi connectivity index (χ0n) is 20.5. The Kier molecular flexibility index (Phi) is 10.5. The second-order valence-corrected chi connectivity index (χ2v) is 8.75. The highest BCUT2D eigenvalue weighted by Crippen LogP contribution is 2.18. The van der Waals surface area contributed by atoms with Gasteiger partial charge in [0.25, 0.3) is 5.91 Å².